The summed E-state index contributed by atoms with van der Waals surface area (Å²) in [5, 5.41) is 0. The lowest BCUT2D eigenvalue weighted by molar-refractivity contribution is 0.0154. The molecule has 2 rings (SSSR count). The van der Waals surface area contributed by atoms with E-state index in [1.165, 1.54) is 38.6 Å². The Morgan fingerprint density at radius 2 is 2.14 bits per heavy atom. The van der Waals surface area contributed by atoms with Crippen LogP contribution in [0.15, 0.2) is 0 Å². The van der Waals surface area contributed by atoms with Crippen molar-refractivity contribution in [3.63, 3.8) is 0 Å². The summed E-state index contributed by atoms with van der Waals surface area (Å²) in [7, 11) is 1.83. The molecule has 1 aliphatic carbocycles. The monoisotopic (exact) mass is 198 g/mol. The summed E-state index contributed by atoms with van der Waals surface area (Å²) >= 11 is 0. The number of rotatable bonds is 2. The van der Waals surface area contributed by atoms with E-state index in [0.717, 1.165) is 12.6 Å². The van der Waals surface area contributed by atoms with Gasteiger partial charge in [-0.1, -0.05) is 0 Å². The molecular weight excluding hydrogens is 176 g/mol. The van der Waals surface area contributed by atoms with Crippen molar-refractivity contribution < 1.29 is 4.74 Å². The van der Waals surface area contributed by atoms with Crippen LogP contribution in [0.1, 0.15) is 32.1 Å². The Balaban J connectivity index is 1.84. The molecule has 1 aliphatic heterocycles. The van der Waals surface area contributed by atoms with E-state index in [-0.39, 0.29) is 0 Å². The van der Waals surface area contributed by atoms with Gasteiger partial charge in [-0.25, -0.2) is 0 Å². The largest absolute Gasteiger partial charge is 0.380 e. The fraction of sp³-hybridized carbons (Fsp3) is 1.00. The second-order valence-electron chi connectivity index (χ2n) is 4.72. The van der Waals surface area contributed by atoms with E-state index >= 15 is 0 Å². The maximum atomic E-state index is 5.94. The highest BCUT2D eigenvalue weighted by molar-refractivity contribution is 4.87. The molecule has 3 unspecified atom stereocenters. The van der Waals surface area contributed by atoms with Gasteiger partial charge in [-0.05, 0) is 38.6 Å². The molecule has 0 radical (unpaired) electrons. The zero-order valence-electron chi connectivity index (χ0n) is 9.11. The molecule has 82 valence electrons. The van der Waals surface area contributed by atoms with Crippen LogP contribution in [-0.4, -0.2) is 43.3 Å². The molecule has 2 aliphatic rings. The third-order valence-corrected chi connectivity index (χ3v) is 3.70. The third-order valence-electron chi connectivity index (χ3n) is 3.70. The van der Waals surface area contributed by atoms with Gasteiger partial charge < -0.3 is 10.5 Å². The first kappa shape index (κ1) is 10.4. The Labute approximate surface area is 86.6 Å². The molecule has 1 heterocycles. The summed E-state index contributed by atoms with van der Waals surface area (Å²) < 4.78 is 5.43. The smallest absolute Gasteiger partial charge is 0.0698 e. The first-order valence-corrected chi connectivity index (χ1v) is 5.82. The molecule has 0 spiro atoms. The van der Waals surface area contributed by atoms with Gasteiger partial charge in [0.15, 0.2) is 0 Å². The fourth-order valence-corrected chi connectivity index (χ4v) is 2.81. The van der Waals surface area contributed by atoms with Crippen LogP contribution < -0.4 is 5.73 Å². The van der Waals surface area contributed by atoms with Crippen LogP contribution in [0.25, 0.3) is 0 Å². The number of nitrogens with zero attached hydrogens (tertiary/aromatic N) is 1. The van der Waals surface area contributed by atoms with Crippen LogP contribution in [0.4, 0.5) is 0 Å². The predicted octanol–water partition coefficient (Wildman–Crippen LogP) is 0.977. The molecule has 2 fully saturated rings. The van der Waals surface area contributed by atoms with Crippen molar-refractivity contribution in [1.82, 2.24) is 4.90 Å². The third kappa shape index (κ3) is 2.27. The number of hydrogen-bond acceptors (Lipinski definition) is 3. The van der Waals surface area contributed by atoms with Crippen LogP contribution in [0.2, 0.25) is 0 Å². The summed E-state index contributed by atoms with van der Waals surface area (Å²) in [6.07, 6.45) is 6.66. The topological polar surface area (TPSA) is 38.5 Å². The minimum atomic E-state index is 0.447. The van der Waals surface area contributed by atoms with Crippen LogP contribution in [-0.2, 0) is 4.74 Å². The lowest BCUT2D eigenvalue weighted by Gasteiger charge is -2.36. The van der Waals surface area contributed by atoms with Crippen LogP contribution in [0, 0.1) is 0 Å². The molecule has 0 aromatic carbocycles. The molecule has 3 heteroatoms. The quantitative estimate of drug-likeness (QED) is 0.719. The highest BCUT2D eigenvalue weighted by atomic mass is 16.5. The van der Waals surface area contributed by atoms with Crippen molar-refractivity contribution in [1.29, 1.82) is 0 Å². The van der Waals surface area contributed by atoms with E-state index in [1.54, 1.807) is 0 Å². The van der Waals surface area contributed by atoms with Crippen LogP contribution in [0.3, 0.4) is 0 Å². The molecular formula is C11H22N2O. The number of piperidine rings is 1. The predicted molar refractivity (Wildman–Crippen MR) is 57.2 cm³/mol. The Morgan fingerprint density at radius 1 is 1.29 bits per heavy atom. The normalized spacial score (nSPS) is 40.3. The Hall–Kier alpha value is -0.120. The zero-order chi connectivity index (χ0) is 9.97. The fourth-order valence-electron chi connectivity index (χ4n) is 2.81. The molecule has 0 amide bonds. The SMILES string of the molecule is COC1CCCN(C2CCC(N)C2)C1. The molecule has 0 aromatic heterocycles. The maximum absolute atomic E-state index is 5.94. The number of ether oxygens (including phenoxy) is 1. The van der Waals surface area contributed by atoms with Crippen molar-refractivity contribution in [2.75, 3.05) is 20.2 Å². The number of hydrogen-bond donors (Lipinski definition) is 1. The Morgan fingerprint density at radius 3 is 2.79 bits per heavy atom. The summed E-state index contributed by atoms with van der Waals surface area (Å²) in [6.45, 7) is 2.37. The van der Waals surface area contributed by atoms with Crippen LogP contribution >= 0.6 is 0 Å². The molecule has 1 saturated heterocycles. The van der Waals surface area contributed by atoms with E-state index in [1.807, 2.05) is 7.11 Å². The molecule has 1 saturated carbocycles. The Kier molecular flexibility index (Phi) is 3.42. The highest BCUT2D eigenvalue weighted by Gasteiger charge is 2.30. The summed E-state index contributed by atoms with van der Waals surface area (Å²) in [5.41, 5.74) is 5.94. The lowest BCUT2D eigenvalue weighted by Crippen LogP contribution is -2.44. The van der Waals surface area contributed by atoms with Gasteiger partial charge in [-0.15, -0.1) is 0 Å². The van der Waals surface area contributed by atoms with Gasteiger partial charge in [0.2, 0.25) is 0 Å². The first-order valence-electron chi connectivity index (χ1n) is 5.82. The summed E-state index contributed by atoms with van der Waals surface area (Å²) in [6, 6.07) is 1.19. The lowest BCUT2D eigenvalue weighted by atomic mass is 10.0. The maximum Gasteiger partial charge on any atom is 0.0698 e. The molecule has 0 bridgehead atoms. The molecule has 14 heavy (non-hydrogen) atoms. The van der Waals surface area contributed by atoms with Gasteiger partial charge in [0, 0.05) is 25.7 Å². The molecule has 3 atom stereocenters. The van der Waals surface area contributed by atoms with E-state index in [4.69, 9.17) is 10.5 Å². The standard InChI is InChI=1S/C11H22N2O/c1-14-11-3-2-6-13(8-11)10-5-4-9(12)7-10/h9-11H,2-8,12H2,1H3. The Bertz CT molecular complexity index is 186. The summed E-state index contributed by atoms with van der Waals surface area (Å²) in [5.74, 6) is 0. The second kappa shape index (κ2) is 4.60. The summed E-state index contributed by atoms with van der Waals surface area (Å²) in [4.78, 5) is 2.59. The molecule has 2 N–H and O–H groups in total. The minimum absolute atomic E-state index is 0.447. The average molecular weight is 198 g/mol. The molecule has 0 aromatic rings. The van der Waals surface area contributed by atoms with Crippen LogP contribution in [0.5, 0.6) is 0 Å². The van der Waals surface area contributed by atoms with Gasteiger partial charge in [0.05, 0.1) is 6.10 Å². The van der Waals surface area contributed by atoms with Crippen molar-refractivity contribution in [3.05, 3.63) is 0 Å². The molecule has 3 nitrogen and oxygen atoms in total. The minimum Gasteiger partial charge on any atom is -0.380 e. The zero-order valence-corrected chi connectivity index (χ0v) is 9.11. The highest BCUT2D eigenvalue weighted by Crippen LogP contribution is 2.26. The number of methoxy groups -OCH3 is 1. The van der Waals surface area contributed by atoms with E-state index in [2.05, 4.69) is 4.90 Å². The number of likely N-dealkylation sites (tertiary alicyclic amines) is 1. The van der Waals surface area contributed by atoms with Crippen molar-refractivity contribution in [2.45, 2.75) is 50.3 Å². The van der Waals surface area contributed by atoms with Gasteiger partial charge in [0.1, 0.15) is 0 Å². The van der Waals surface area contributed by atoms with E-state index in [0.29, 0.717) is 12.1 Å². The average Bonchev–Trinajstić information content (AvgIpc) is 2.65. The van der Waals surface area contributed by atoms with Gasteiger partial charge >= 0.3 is 0 Å². The van der Waals surface area contributed by atoms with Crippen molar-refractivity contribution in [2.24, 2.45) is 5.73 Å². The van der Waals surface area contributed by atoms with Crippen molar-refractivity contribution >= 4 is 0 Å². The van der Waals surface area contributed by atoms with E-state index < -0.39 is 0 Å². The second-order valence-corrected chi connectivity index (χ2v) is 4.72. The number of nitrogens with two attached hydrogens (primary N) is 1. The van der Waals surface area contributed by atoms with Gasteiger partial charge in [-0.2, -0.15) is 0 Å². The van der Waals surface area contributed by atoms with Gasteiger partial charge in [-0.3, -0.25) is 4.90 Å². The van der Waals surface area contributed by atoms with E-state index in [9.17, 15) is 0 Å². The first-order chi connectivity index (χ1) is 6.79. The van der Waals surface area contributed by atoms with Crippen molar-refractivity contribution in [3.8, 4) is 0 Å². The van der Waals surface area contributed by atoms with Gasteiger partial charge in [0.25, 0.3) is 0 Å².